The highest BCUT2D eigenvalue weighted by Gasteiger charge is 2.24. The molecule has 0 aliphatic carbocycles. The summed E-state index contributed by atoms with van der Waals surface area (Å²) >= 11 is 0. The summed E-state index contributed by atoms with van der Waals surface area (Å²) in [5.74, 6) is 4.70. The number of hydrogen-bond acceptors (Lipinski definition) is 5. The number of nitrogens with two attached hydrogens (primary N) is 1. The second-order valence-corrected chi connectivity index (χ2v) is 4.04. The third kappa shape index (κ3) is 2.75. The van der Waals surface area contributed by atoms with Crippen molar-refractivity contribution in [1.82, 2.24) is 15.6 Å². The number of aromatic nitrogens is 1. The summed E-state index contributed by atoms with van der Waals surface area (Å²) in [6.45, 7) is 0.667. The molecule has 1 atom stereocenters. The first kappa shape index (κ1) is 12.3. The van der Waals surface area contributed by atoms with Crippen molar-refractivity contribution in [2.24, 2.45) is 5.84 Å². The number of nitrogens with zero attached hydrogens (tertiary/aromatic N) is 1. The van der Waals surface area contributed by atoms with Gasteiger partial charge in [-0.25, -0.2) is 4.98 Å². The minimum absolute atomic E-state index is 0.144. The van der Waals surface area contributed by atoms with E-state index >= 15 is 0 Å². The van der Waals surface area contributed by atoms with E-state index in [-0.39, 0.29) is 17.5 Å². The van der Waals surface area contributed by atoms with Crippen molar-refractivity contribution >= 4 is 17.5 Å². The molecule has 2 heterocycles. The predicted molar refractivity (Wildman–Crippen MR) is 65.5 cm³/mol. The van der Waals surface area contributed by atoms with E-state index in [1.165, 1.54) is 6.20 Å². The van der Waals surface area contributed by atoms with Crippen LogP contribution in [-0.2, 0) is 4.79 Å². The zero-order chi connectivity index (χ0) is 13.0. The standard InChI is InChI=1S/C11H15N5O2/c12-16-7-3-4-8(14-6-7)11(18)15-9-2-1-5-13-10(9)17/h3-4,6,9,16H,1-2,5,12H2,(H,13,17)(H,15,18). The smallest absolute Gasteiger partial charge is 0.270 e. The summed E-state index contributed by atoms with van der Waals surface area (Å²) in [6.07, 6.45) is 2.97. The van der Waals surface area contributed by atoms with E-state index < -0.39 is 6.04 Å². The molecule has 2 rings (SSSR count). The Balaban J connectivity index is 2.00. The van der Waals surface area contributed by atoms with E-state index in [0.717, 1.165) is 6.42 Å². The van der Waals surface area contributed by atoms with Gasteiger partial charge in [-0.2, -0.15) is 0 Å². The van der Waals surface area contributed by atoms with Crippen LogP contribution in [0.2, 0.25) is 0 Å². The minimum Gasteiger partial charge on any atom is -0.354 e. The number of anilines is 1. The van der Waals surface area contributed by atoms with Crippen molar-refractivity contribution < 1.29 is 9.59 Å². The van der Waals surface area contributed by atoms with Crippen molar-refractivity contribution in [3.63, 3.8) is 0 Å². The van der Waals surface area contributed by atoms with E-state index in [9.17, 15) is 9.59 Å². The number of hydrogen-bond donors (Lipinski definition) is 4. The first-order chi connectivity index (χ1) is 8.70. The molecule has 96 valence electrons. The van der Waals surface area contributed by atoms with Gasteiger partial charge in [0.1, 0.15) is 11.7 Å². The molecule has 1 aromatic rings. The molecule has 2 amide bonds. The molecule has 7 nitrogen and oxygen atoms in total. The minimum atomic E-state index is -0.472. The maximum atomic E-state index is 11.9. The fraction of sp³-hybridized carbons (Fsp3) is 0.364. The summed E-state index contributed by atoms with van der Waals surface area (Å²) in [4.78, 5) is 27.3. The summed E-state index contributed by atoms with van der Waals surface area (Å²) < 4.78 is 0. The van der Waals surface area contributed by atoms with Gasteiger partial charge >= 0.3 is 0 Å². The van der Waals surface area contributed by atoms with Gasteiger partial charge in [0.05, 0.1) is 11.9 Å². The fourth-order valence-corrected chi connectivity index (χ4v) is 1.76. The van der Waals surface area contributed by atoms with Crippen molar-refractivity contribution in [3.8, 4) is 0 Å². The molecular formula is C11H15N5O2. The quantitative estimate of drug-likeness (QED) is 0.421. The molecule has 7 heteroatoms. The van der Waals surface area contributed by atoms with E-state index in [1.807, 2.05) is 0 Å². The van der Waals surface area contributed by atoms with Crippen LogP contribution in [0.4, 0.5) is 5.69 Å². The van der Waals surface area contributed by atoms with Gasteiger partial charge in [-0.05, 0) is 25.0 Å². The molecule has 1 aliphatic heterocycles. The Morgan fingerprint density at radius 3 is 2.94 bits per heavy atom. The predicted octanol–water partition coefficient (Wildman–Crippen LogP) is -0.624. The van der Waals surface area contributed by atoms with Gasteiger partial charge in [-0.15, -0.1) is 0 Å². The first-order valence-corrected chi connectivity index (χ1v) is 5.72. The number of nitrogen functional groups attached to an aromatic ring is 1. The largest absolute Gasteiger partial charge is 0.354 e. The second kappa shape index (κ2) is 5.46. The van der Waals surface area contributed by atoms with E-state index in [1.54, 1.807) is 12.1 Å². The van der Waals surface area contributed by atoms with Gasteiger partial charge < -0.3 is 16.1 Å². The third-order valence-corrected chi connectivity index (χ3v) is 2.75. The molecule has 0 bridgehead atoms. The highest BCUT2D eigenvalue weighted by molar-refractivity contribution is 5.96. The summed E-state index contributed by atoms with van der Waals surface area (Å²) in [5.41, 5.74) is 3.29. The number of nitrogens with one attached hydrogen (secondary N) is 3. The Morgan fingerprint density at radius 2 is 2.33 bits per heavy atom. The Kier molecular flexibility index (Phi) is 3.73. The van der Waals surface area contributed by atoms with E-state index in [0.29, 0.717) is 18.7 Å². The molecule has 1 aromatic heterocycles. The lowest BCUT2D eigenvalue weighted by Gasteiger charge is -2.22. The topological polar surface area (TPSA) is 109 Å². The van der Waals surface area contributed by atoms with Crippen molar-refractivity contribution in [2.45, 2.75) is 18.9 Å². The van der Waals surface area contributed by atoms with Crippen LogP contribution in [0.1, 0.15) is 23.3 Å². The van der Waals surface area contributed by atoms with Crippen molar-refractivity contribution in [1.29, 1.82) is 0 Å². The molecule has 1 saturated heterocycles. The molecule has 0 radical (unpaired) electrons. The Labute approximate surface area is 104 Å². The molecule has 5 N–H and O–H groups in total. The maximum Gasteiger partial charge on any atom is 0.270 e. The average Bonchev–Trinajstić information content (AvgIpc) is 2.41. The number of amides is 2. The number of rotatable bonds is 3. The average molecular weight is 249 g/mol. The number of carbonyl (C=O) groups excluding carboxylic acids is 2. The van der Waals surface area contributed by atoms with Crippen LogP contribution in [0.25, 0.3) is 0 Å². The molecule has 1 fully saturated rings. The third-order valence-electron chi connectivity index (χ3n) is 2.75. The number of carbonyl (C=O) groups is 2. The maximum absolute atomic E-state index is 11.9. The second-order valence-electron chi connectivity index (χ2n) is 4.04. The molecule has 1 aliphatic rings. The van der Waals surface area contributed by atoms with Crippen LogP contribution in [-0.4, -0.2) is 29.4 Å². The highest BCUT2D eigenvalue weighted by atomic mass is 16.2. The SMILES string of the molecule is NNc1ccc(C(=O)NC2CCCNC2=O)nc1. The summed E-state index contributed by atoms with van der Waals surface area (Å²) in [5, 5.41) is 5.36. The van der Waals surface area contributed by atoms with E-state index in [2.05, 4.69) is 21.0 Å². The van der Waals surface area contributed by atoms with Crippen LogP contribution in [0.15, 0.2) is 18.3 Å². The first-order valence-electron chi connectivity index (χ1n) is 5.72. The molecular weight excluding hydrogens is 234 g/mol. The van der Waals surface area contributed by atoms with E-state index in [4.69, 9.17) is 5.84 Å². The molecule has 18 heavy (non-hydrogen) atoms. The molecule has 1 unspecified atom stereocenters. The fourth-order valence-electron chi connectivity index (χ4n) is 1.76. The van der Waals surface area contributed by atoms with Gasteiger partial charge in [0.25, 0.3) is 5.91 Å². The number of pyridine rings is 1. The van der Waals surface area contributed by atoms with Crippen molar-refractivity contribution in [2.75, 3.05) is 12.0 Å². The Bertz CT molecular complexity index is 445. The van der Waals surface area contributed by atoms with Gasteiger partial charge in [-0.1, -0.05) is 0 Å². The number of hydrazine groups is 1. The van der Waals surface area contributed by atoms with Gasteiger partial charge in [0.15, 0.2) is 0 Å². The zero-order valence-corrected chi connectivity index (χ0v) is 9.77. The molecule has 0 spiro atoms. The number of piperidine rings is 1. The molecule has 0 saturated carbocycles. The van der Waals surface area contributed by atoms with Gasteiger partial charge in [-0.3, -0.25) is 15.4 Å². The summed E-state index contributed by atoms with van der Waals surface area (Å²) in [6, 6.07) is 2.72. The van der Waals surface area contributed by atoms with Crippen LogP contribution in [0, 0.1) is 0 Å². The lowest BCUT2D eigenvalue weighted by atomic mass is 10.1. The van der Waals surface area contributed by atoms with Gasteiger partial charge in [0, 0.05) is 6.54 Å². The lowest BCUT2D eigenvalue weighted by Crippen LogP contribution is -2.50. The monoisotopic (exact) mass is 249 g/mol. The van der Waals surface area contributed by atoms with Crippen LogP contribution in [0.3, 0.4) is 0 Å². The van der Waals surface area contributed by atoms with Crippen LogP contribution < -0.4 is 21.9 Å². The van der Waals surface area contributed by atoms with Crippen LogP contribution >= 0.6 is 0 Å². The zero-order valence-electron chi connectivity index (χ0n) is 9.77. The van der Waals surface area contributed by atoms with Gasteiger partial charge in [0.2, 0.25) is 5.91 Å². The van der Waals surface area contributed by atoms with Crippen LogP contribution in [0.5, 0.6) is 0 Å². The molecule has 0 aromatic carbocycles. The summed E-state index contributed by atoms with van der Waals surface area (Å²) in [7, 11) is 0. The van der Waals surface area contributed by atoms with Crippen molar-refractivity contribution in [3.05, 3.63) is 24.0 Å². The Hall–Kier alpha value is -2.15. The Morgan fingerprint density at radius 1 is 1.50 bits per heavy atom. The highest BCUT2D eigenvalue weighted by Crippen LogP contribution is 2.07. The lowest BCUT2D eigenvalue weighted by molar-refractivity contribution is -0.124. The normalized spacial score (nSPS) is 18.9.